The number of hydrogen-bond acceptors (Lipinski definition) is 2. The third kappa shape index (κ3) is 4.45. The molecule has 2 aromatic rings. The molecule has 4 heteroatoms. The maximum atomic E-state index is 12.0. The maximum absolute atomic E-state index is 12.0. The molecule has 2 rings (SSSR count). The van der Waals surface area contributed by atoms with E-state index in [1.165, 1.54) is 0 Å². The van der Waals surface area contributed by atoms with Crippen LogP contribution < -0.4 is 0 Å². The van der Waals surface area contributed by atoms with Gasteiger partial charge in [0.1, 0.15) is 0 Å². The molecule has 1 heterocycles. The van der Waals surface area contributed by atoms with Crippen LogP contribution in [0.4, 0.5) is 0 Å². The van der Waals surface area contributed by atoms with Gasteiger partial charge in [0.25, 0.3) is 0 Å². The average Bonchev–Trinajstić information content (AvgIpc) is 2.97. The molecule has 112 valence electrons. The number of benzene rings is 1. The van der Waals surface area contributed by atoms with Gasteiger partial charge < -0.3 is 4.90 Å². The molecule has 0 spiro atoms. The first kappa shape index (κ1) is 15.3. The molecule has 0 fully saturated rings. The van der Waals surface area contributed by atoms with Crippen LogP contribution in [0.25, 0.3) is 5.69 Å². The van der Waals surface area contributed by atoms with Gasteiger partial charge in [-0.25, -0.2) is 4.68 Å². The van der Waals surface area contributed by atoms with Crippen molar-refractivity contribution in [1.82, 2.24) is 14.7 Å². The Hall–Kier alpha value is -2.10. The molecule has 0 bridgehead atoms. The second-order valence-corrected chi connectivity index (χ2v) is 5.34. The topological polar surface area (TPSA) is 38.1 Å². The second kappa shape index (κ2) is 7.62. The van der Waals surface area contributed by atoms with Crippen LogP contribution >= 0.6 is 0 Å². The molecule has 1 aromatic carbocycles. The summed E-state index contributed by atoms with van der Waals surface area (Å²) in [7, 11) is 1.86. The summed E-state index contributed by atoms with van der Waals surface area (Å²) in [6.07, 6.45) is 7.67. The maximum Gasteiger partial charge on any atom is 0.222 e. The molecule has 1 aromatic heterocycles. The fraction of sp³-hybridized carbons (Fsp3) is 0.412. The highest BCUT2D eigenvalue weighted by Gasteiger charge is 2.10. The SMILES string of the molecule is CCCCCC(=O)N(C)Cc1cnn(-c2ccccc2)c1. The highest BCUT2D eigenvalue weighted by atomic mass is 16.2. The van der Waals surface area contributed by atoms with E-state index >= 15 is 0 Å². The molecule has 0 N–H and O–H groups in total. The van der Waals surface area contributed by atoms with Crippen LogP contribution in [0, 0.1) is 0 Å². The summed E-state index contributed by atoms with van der Waals surface area (Å²) in [6, 6.07) is 9.98. The molecule has 1 amide bonds. The van der Waals surface area contributed by atoms with Gasteiger partial charge in [0.2, 0.25) is 5.91 Å². The Kier molecular flexibility index (Phi) is 5.55. The Morgan fingerprint density at radius 3 is 2.71 bits per heavy atom. The first-order chi connectivity index (χ1) is 10.2. The zero-order chi connectivity index (χ0) is 15.1. The number of carbonyl (C=O) groups is 1. The fourth-order valence-electron chi connectivity index (χ4n) is 2.24. The smallest absolute Gasteiger partial charge is 0.222 e. The van der Waals surface area contributed by atoms with Crippen LogP contribution in [-0.4, -0.2) is 27.6 Å². The van der Waals surface area contributed by atoms with Crippen molar-refractivity contribution in [3.05, 3.63) is 48.3 Å². The lowest BCUT2D eigenvalue weighted by Crippen LogP contribution is -2.25. The zero-order valence-electron chi connectivity index (χ0n) is 12.8. The molecule has 0 aliphatic carbocycles. The average molecular weight is 285 g/mol. The summed E-state index contributed by atoms with van der Waals surface area (Å²) < 4.78 is 1.84. The third-order valence-corrected chi connectivity index (χ3v) is 3.50. The van der Waals surface area contributed by atoms with E-state index in [4.69, 9.17) is 0 Å². The van der Waals surface area contributed by atoms with E-state index in [0.717, 1.165) is 30.5 Å². The van der Waals surface area contributed by atoms with Gasteiger partial charge in [-0.15, -0.1) is 0 Å². The van der Waals surface area contributed by atoms with Gasteiger partial charge in [-0.05, 0) is 18.6 Å². The van der Waals surface area contributed by atoms with Gasteiger partial charge in [0, 0.05) is 31.8 Å². The number of hydrogen-bond donors (Lipinski definition) is 0. The number of aromatic nitrogens is 2. The van der Waals surface area contributed by atoms with Gasteiger partial charge in [-0.2, -0.15) is 5.10 Å². The normalized spacial score (nSPS) is 10.6. The van der Waals surface area contributed by atoms with Crippen molar-refractivity contribution in [2.45, 2.75) is 39.2 Å². The van der Waals surface area contributed by atoms with Gasteiger partial charge in [-0.3, -0.25) is 4.79 Å². The largest absolute Gasteiger partial charge is 0.341 e. The predicted octanol–water partition coefficient (Wildman–Crippen LogP) is 3.41. The molecule has 0 saturated carbocycles. The minimum Gasteiger partial charge on any atom is -0.341 e. The van der Waals surface area contributed by atoms with Gasteiger partial charge in [0.05, 0.1) is 11.9 Å². The van der Waals surface area contributed by atoms with Crippen molar-refractivity contribution in [3.63, 3.8) is 0 Å². The van der Waals surface area contributed by atoms with Crippen LogP contribution in [0.2, 0.25) is 0 Å². The molecule has 0 radical (unpaired) electrons. The Bertz CT molecular complexity index is 562. The van der Waals surface area contributed by atoms with E-state index in [0.29, 0.717) is 13.0 Å². The predicted molar refractivity (Wildman–Crippen MR) is 84.2 cm³/mol. The monoisotopic (exact) mass is 285 g/mol. The lowest BCUT2D eigenvalue weighted by molar-refractivity contribution is -0.130. The third-order valence-electron chi connectivity index (χ3n) is 3.50. The van der Waals surface area contributed by atoms with Crippen molar-refractivity contribution in [2.75, 3.05) is 7.05 Å². The van der Waals surface area contributed by atoms with E-state index in [1.54, 1.807) is 4.90 Å². The van der Waals surface area contributed by atoms with Crippen LogP contribution in [0.5, 0.6) is 0 Å². The summed E-state index contributed by atoms with van der Waals surface area (Å²) in [4.78, 5) is 13.8. The van der Waals surface area contributed by atoms with E-state index < -0.39 is 0 Å². The quantitative estimate of drug-likeness (QED) is 0.731. The Morgan fingerprint density at radius 1 is 1.24 bits per heavy atom. The van der Waals surface area contributed by atoms with E-state index in [9.17, 15) is 4.79 Å². The Labute approximate surface area is 126 Å². The summed E-state index contributed by atoms with van der Waals surface area (Å²) in [5, 5.41) is 4.35. The molecule has 0 aliphatic rings. The van der Waals surface area contributed by atoms with E-state index in [1.807, 2.05) is 54.5 Å². The molecule has 4 nitrogen and oxygen atoms in total. The zero-order valence-corrected chi connectivity index (χ0v) is 12.8. The van der Waals surface area contributed by atoms with E-state index in [-0.39, 0.29) is 5.91 Å². The molecular formula is C17H23N3O. The van der Waals surface area contributed by atoms with Crippen LogP contribution in [0.1, 0.15) is 38.2 Å². The lowest BCUT2D eigenvalue weighted by Gasteiger charge is -2.15. The van der Waals surface area contributed by atoms with Gasteiger partial charge >= 0.3 is 0 Å². The highest BCUT2D eigenvalue weighted by molar-refractivity contribution is 5.75. The number of amides is 1. The first-order valence-corrected chi connectivity index (χ1v) is 7.53. The van der Waals surface area contributed by atoms with Crippen molar-refractivity contribution in [3.8, 4) is 5.69 Å². The Balaban J connectivity index is 1.91. The van der Waals surface area contributed by atoms with Crippen LogP contribution in [0.15, 0.2) is 42.7 Å². The van der Waals surface area contributed by atoms with Crippen molar-refractivity contribution in [1.29, 1.82) is 0 Å². The van der Waals surface area contributed by atoms with Crippen LogP contribution in [-0.2, 0) is 11.3 Å². The fourth-order valence-corrected chi connectivity index (χ4v) is 2.24. The number of nitrogens with zero attached hydrogens (tertiary/aromatic N) is 3. The second-order valence-electron chi connectivity index (χ2n) is 5.34. The standard InChI is InChI=1S/C17H23N3O/c1-3-4-6-11-17(21)19(2)13-15-12-18-20(14-15)16-9-7-5-8-10-16/h5,7-10,12,14H,3-4,6,11,13H2,1-2H3. The molecule has 0 aliphatic heterocycles. The minimum atomic E-state index is 0.205. The van der Waals surface area contributed by atoms with Gasteiger partial charge in [-0.1, -0.05) is 38.0 Å². The Morgan fingerprint density at radius 2 is 2.00 bits per heavy atom. The first-order valence-electron chi connectivity index (χ1n) is 7.53. The lowest BCUT2D eigenvalue weighted by atomic mass is 10.2. The minimum absolute atomic E-state index is 0.205. The van der Waals surface area contributed by atoms with Crippen LogP contribution in [0.3, 0.4) is 0 Å². The summed E-state index contributed by atoms with van der Waals surface area (Å²) in [5.74, 6) is 0.205. The van der Waals surface area contributed by atoms with Crippen molar-refractivity contribution >= 4 is 5.91 Å². The highest BCUT2D eigenvalue weighted by Crippen LogP contribution is 2.10. The number of carbonyl (C=O) groups excluding carboxylic acids is 1. The van der Waals surface area contributed by atoms with Crippen molar-refractivity contribution < 1.29 is 4.79 Å². The molecular weight excluding hydrogens is 262 g/mol. The molecule has 0 saturated heterocycles. The summed E-state index contributed by atoms with van der Waals surface area (Å²) in [5.41, 5.74) is 2.07. The molecule has 21 heavy (non-hydrogen) atoms. The summed E-state index contributed by atoms with van der Waals surface area (Å²) in [6.45, 7) is 2.75. The number of para-hydroxylation sites is 1. The van der Waals surface area contributed by atoms with Gasteiger partial charge in [0.15, 0.2) is 0 Å². The number of rotatable bonds is 7. The molecule has 0 unspecified atom stereocenters. The van der Waals surface area contributed by atoms with Crippen molar-refractivity contribution in [2.24, 2.45) is 0 Å². The summed E-state index contributed by atoms with van der Waals surface area (Å²) >= 11 is 0. The van der Waals surface area contributed by atoms with E-state index in [2.05, 4.69) is 12.0 Å². The number of unbranched alkanes of at least 4 members (excludes halogenated alkanes) is 2. The molecule has 0 atom stereocenters.